The molecule has 0 unspecified atom stereocenters. The summed E-state index contributed by atoms with van der Waals surface area (Å²) in [5.41, 5.74) is 0. The monoisotopic (exact) mass is 178 g/mol. The molecule has 1 heterocycles. The normalized spacial score (nSPS) is 16.5. The third kappa shape index (κ3) is 3.77. The van der Waals surface area contributed by atoms with Crippen LogP contribution in [0.2, 0.25) is 0 Å². The van der Waals surface area contributed by atoms with Gasteiger partial charge in [0, 0.05) is 26.2 Å². The molecule has 0 aliphatic carbocycles. The van der Waals surface area contributed by atoms with Gasteiger partial charge in [-0.2, -0.15) is 0 Å². The van der Waals surface area contributed by atoms with Crippen LogP contribution in [0.4, 0.5) is 0 Å². The van der Waals surface area contributed by atoms with Crippen molar-refractivity contribution in [3.05, 3.63) is 12.2 Å². The standard InChI is InChI=1S/C10H14N2O/c1-2-10(13)11-6-9-12-7-4-3-5-8-12/h1,3-4H,5-9H2,(H,11,13). The number of hydrogen-bond donors (Lipinski definition) is 1. The van der Waals surface area contributed by atoms with E-state index in [-0.39, 0.29) is 5.91 Å². The summed E-state index contributed by atoms with van der Waals surface area (Å²) in [6.45, 7) is 3.56. The second-order valence-corrected chi connectivity index (χ2v) is 2.96. The van der Waals surface area contributed by atoms with Crippen molar-refractivity contribution >= 4 is 5.91 Å². The van der Waals surface area contributed by atoms with E-state index in [1.54, 1.807) is 0 Å². The van der Waals surface area contributed by atoms with E-state index in [0.29, 0.717) is 6.54 Å². The Morgan fingerprint density at radius 1 is 1.62 bits per heavy atom. The summed E-state index contributed by atoms with van der Waals surface area (Å²) in [6, 6.07) is 0. The lowest BCUT2D eigenvalue weighted by Gasteiger charge is -2.22. The highest BCUT2D eigenvalue weighted by atomic mass is 16.1. The van der Waals surface area contributed by atoms with Crippen molar-refractivity contribution in [2.24, 2.45) is 0 Å². The van der Waals surface area contributed by atoms with Crippen LogP contribution in [0.15, 0.2) is 12.2 Å². The minimum absolute atomic E-state index is 0.326. The van der Waals surface area contributed by atoms with Gasteiger partial charge in [0.25, 0.3) is 5.91 Å². The van der Waals surface area contributed by atoms with E-state index in [9.17, 15) is 4.79 Å². The van der Waals surface area contributed by atoms with Crippen LogP contribution in [0.3, 0.4) is 0 Å². The van der Waals surface area contributed by atoms with Gasteiger partial charge in [0.2, 0.25) is 0 Å². The molecule has 3 heteroatoms. The highest BCUT2D eigenvalue weighted by Gasteiger charge is 2.04. The Kier molecular flexibility index (Phi) is 4.07. The van der Waals surface area contributed by atoms with Crippen molar-refractivity contribution in [3.8, 4) is 12.3 Å². The first-order chi connectivity index (χ1) is 6.33. The van der Waals surface area contributed by atoms with E-state index >= 15 is 0 Å². The first-order valence-electron chi connectivity index (χ1n) is 4.44. The van der Waals surface area contributed by atoms with Gasteiger partial charge in [0.15, 0.2) is 0 Å². The maximum Gasteiger partial charge on any atom is 0.295 e. The van der Waals surface area contributed by atoms with E-state index < -0.39 is 0 Å². The molecule has 0 aromatic carbocycles. The Hall–Kier alpha value is -1.27. The van der Waals surface area contributed by atoms with Gasteiger partial charge < -0.3 is 5.32 Å². The molecule has 1 aliphatic heterocycles. The van der Waals surface area contributed by atoms with Gasteiger partial charge in [-0.25, -0.2) is 0 Å². The Bertz CT molecular complexity index is 240. The lowest BCUT2D eigenvalue weighted by atomic mass is 10.2. The van der Waals surface area contributed by atoms with Gasteiger partial charge in [-0.3, -0.25) is 9.69 Å². The third-order valence-corrected chi connectivity index (χ3v) is 1.99. The molecule has 0 aromatic rings. The quantitative estimate of drug-likeness (QED) is 0.487. The van der Waals surface area contributed by atoms with Gasteiger partial charge in [0.1, 0.15) is 0 Å². The molecule has 0 saturated carbocycles. The zero-order chi connectivity index (χ0) is 9.52. The van der Waals surface area contributed by atoms with Crippen LogP contribution in [0, 0.1) is 12.3 Å². The smallest absolute Gasteiger partial charge is 0.295 e. The zero-order valence-electron chi connectivity index (χ0n) is 7.62. The van der Waals surface area contributed by atoms with Gasteiger partial charge in [0.05, 0.1) is 0 Å². The van der Waals surface area contributed by atoms with E-state index in [1.807, 2.05) is 5.92 Å². The number of terminal acetylenes is 1. The van der Waals surface area contributed by atoms with Crippen LogP contribution >= 0.6 is 0 Å². The van der Waals surface area contributed by atoms with Crippen LogP contribution in [-0.4, -0.2) is 37.0 Å². The molecular formula is C10H14N2O. The Labute approximate surface area is 78.8 Å². The molecular weight excluding hydrogens is 164 g/mol. The highest BCUT2D eigenvalue weighted by molar-refractivity contribution is 5.92. The van der Waals surface area contributed by atoms with Crippen LogP contribution in [0.25, 0.3) is 0 Å². The molecule has 1 rings (SSSR count). The van der Waals surface area contributed by atoms with Crippen molar-refractivity contribution in [2.45, 2.75) is 6.42 Å². The minimum atomic E-state index is -0.326. The van der Waals surface area contributed by atoms with Crippen molar-refractivity contribution in [2.75, 3.05) is 26.2 Å². The lowest BCUT2D eigenvalue weighted by Crippen LogP contribution is -2.36. The first-order valence-corrected chi connectivity index (χ1v) is 4.44. The molecule has 3 nitrogen and oxygen atoms in total. The van der Waals surface area contributed by atoms with Crippen LogP contribution in [0.5, 0.6) is 0 Å². The lowest BCUT2D eigenvalue weighted by molar-refractivity contribution is -0.115. The molecule has 0 bridgehead atoms. The largest absolute Gasteiger partial charge is 0.344 e. The van der Waals surface area contributed by atoms with Gasteiger partial charge in [-0.15, -0.1) is 6.42 Å². The molecule has 0 radical (unpaired) electrons. The predicted molar refractivity (Wildman–Crippen MR) is 52.0 cm³/mol. The predicted octanol–water partition coefficient (Wildman–Crippen LogP) is -0.00230. The van der Waals surface area contributed by atoms with Crippen molar-refractivity contribution < 1.29 is 4.79 Å². The van der Waals surface area contributed by atoms with Crippen molar-refractivity contribution in [1.82, 2.24) is 10.2 Å². The topological polar surface area (TPSA) is 32.3 Å². The summed E-state index contributed by atoms with van der Waals surface area (Å²) in [6.07, 6.45) is 10.3. The summed E-state index contributed by atoms with van der Waals surface area (Å²) in [4.78, 5) is 12.9. The molecule has 1 amide bonds. The minimum Gasteiger partial charge on any atom is -0.344 e. The number of nitrogens with one attached hydrogen (secondary N) is 1. The maximum atomic E-state index is 10.7. The molecule has 1 N–H and O–H groups in total. The van der Waals surface area contributed by atoms with E-state index in [2.05, 4.69) is 22.4 Å². The van der Waals surface area contributed by atoms with Crippen molar-refractivity contribution in [1.29, 1.82) is 0 Å². The van der Waals surface area contributed by atoms with Crippen LogP contribution in [0.1, 0.15) is 6.42 Å². The number of hydrogen-bond acceptors (Lipinski definition) is 2. The Morgan fingerprint density at radius 2 is 2.46 bits per heavy atom. The van der Waals surface area contributed by atoms with E-state index in [0.717, 1.165) is 26.1 Å². The summed E-state index contributed by atoms with van der Waals surface area (Å²) in [5, 5.41) is 2.64. The molecule has 1 aliphatic rings. The second-order valence-electron chi connectivity index (χ2n) is 2.96. The average molecular weight is 178 g/mol. The molecule has 70 valence electrons. The molecule has 0 atom stereocenters. The second kappa shape index (κ2) is 5.39. The zero-order valence-corrected chi connectivity index (χ0v) is 7.62. The Morgan fingerprint density at radius 3 is 3.08 bits per heavy atom. The summed E-state index contributed by atoms with van der Waals surface area (Å²) >= 11 is 0. The molecule has 0 fully saturated rings. The highest BCUT2D eigenvalue weighted by Crippen LogP contribution is 1.98. The van der Waals surface area contributed by atoms with Gasteiger partial charge in [-0.1, -0.05) is 12.2 Å². The fourth-order valence-electron chi connectivity index (χ4n) is 1.27. The summed E-state index contributed by atoms with van der Waals surface area (Å²) < 4.78 is 0. The SMILES string of the molecule is C#CC(=O)NCCN1CC=CCC1. The number of carbonyl (C=O) groups is 1. The average Bonchev–Trinajstić information content (AvgIpc) is 2.19. The van der Waals surface area contributed by atoms with Gasteiger partial charge >= 0.3 is 0 Å². The third-order valence-electron chi connectivity index (χ3n) is 1.99. The first kappa shape index (κ1) is 9.82. The fraction of sp³-hybridized carbons (Fsp3) is 0.500. The van der Waals surface area contributed by atoms with Crippen LogP contribution < -0.4 is 5.32 Å². The number of nitrogens with zero attached hydrogens (tertiary/aromatic N) is 1. The summed E-state index contributed by atoms with van der Waals surface area (Å²) in [7, 11) is 0. The van der Waals surface area contributed by atoms with Crippen LogP contribution in [-0.2, 0) is 4.79 Å². The molecule has 0 saturated heterocycles. The number of amides is 1. The Balaban J connectivity index is 2.09. The van der Waals surface area contributed by atoms with E-state index in [1.165, 1.54) is 0 Å². The fourth-order valence-corrected chi connectivity index (χ4v) is 1.27. The number of carbonyl (C=O) groups excluding carboxylic acids is 1. The summed E-state index contributed by atoms with van der Waals surface area (Å²) in [5.74, 6) is 1.69. The van der Waals surface area contributed by atoms with Gasteiger partial charge in [-0.05, 0) is 12.3 Å². The number of rotatable bonds is 3. The molecule has 0 spiro atoms. The maximum absolute atomic E-state index is 10.7. The molecule has 13 heavy (non-hydrogen) atoms. The van der Waals surface area contributed by atoms with E-state index in [4.69, 9.17) is 6.42 Å². The molecule has 0 aromatic heterocycles. The van der Waals surface area contributed by atoms with Crippen molar-refractivity contribution in [3.63, 3.8) is 0 Å².